The normalized spacial score (nSPS) is 24.3. The summed E-state index contributed by atoms with van der Waals surface area (Å²) in [7, 11) is 0. The molecular formula is C17H21NO3. The number of para-hydroxylation sites is 1. The van der Waals surface area contributed by atoms with E-state index in [2.05, 4.69) is 0 Å². The van der Waals surface area contributed by atoms with Crippen molar-refractivity contribution in [3.63, 3.8) is 0 Å². The second-order valence-corrected chi connectivity index (χ2v) is 6.54. The molecule has 0 aliphatic carbocycles. The van der Waals surface area contributed by atoms with Crippen molar-refractivity contribution in [3.8, 4) is 5.75 Å². The van der Waals surface area contributed by atoms with Crippen molar-refractivity contribution < 1.29 is 14.3 Å². The lowest BCUT2D eigenvalue weighted by atomic mass is 9.89. The molecule has 1 aromatic carbocycles. The van der Waals surface area contributed by atoms with Gasteiger partial charge in [-0.1, -0.05) is 26.0 Å². The van der Waals surface area contributed by atoms with Crippen LogP contribution in [0.3, 0.4) is 0 Å². The van der Waals surface area contributed by atoms with Gasteiger partial charge >= 0.3 is 0 Å². The number of amides is 1. The molecule has 1 aromatic rings. The standard InChI is InChI=1S/C17H21NO3/c1-12(2)9-16(20)18-8-7-17(11-18)10-14(19)13-5-3-4-6-15(13)21-17/h3-6,12H,7-11H2,1-2H3. The maximum Gasteiger partial charge on any atom is 0.222 e. The van der Waals surface area contributed by atoms with Gasteiger partial charge in [0.2, 0.25) is 5.91 Å². The summed E-state index contributed by atoms with van der Waals surface area (Å²) in [5, 5.41) is 0. The number of ketones is 1. The average Bonchev–Trinajstić information content (AvgIpc) is 2.81. The summed E-state index contributed by atoms with van der Waals surface area (Å²) >= 11 is 0. The molecule has 1 unspecified atom stereocenters. The smallest absolute Gasteiger partial charge is 0.222 e. The third-order valence-corrected chi connectivity index (χ3v) is 4.25. The fraction of sp³-hybridized carbons (Fsp3) is 0.529. The minimum absolute atomic E-state index is 0.120. The first kappa shape index (κ1) is 14.1. The molecule has 0 N–H and O–H groups in total. The highest BCUT2D eigenvalue weighted by Gasteiger charge is 2.46. The highest BCUT2D eigenvalue weighted by Crippen LogP contribution is 2.38. The van der Waals surface area contributed by atoms with E-state index < -0.39 is 5.60 Å². The lowest BCUT2D eigenvalue weighted by molar-refractivity contribution is -0.131. The molecule has 2 aliphatic heterocycles. The summed E-state index contributed by atoms with van der Waals surface area (Å²) in [4.78, 5) is 26.4. The topological polar surface area (TPSA) is 46.6 Å². The zero-order valence-electron chi connectivity index (χ0n) is 12.6. The molecule has 1 saturated heterocycles. The number of carbonyl (C=O) groups is 2. The van der Waals surface area contributed by atoms with Gasteiger partial charge in [0, 0.05) is 19.4 Å². The molecule has 1 spiro atoms. The third kappa shape index (κ3) is 2.67. The number of Topliss-reactive ketones (excluding diaryl/α,β-unsaturated/α-hetero) is 1. The van der Waals surface area contributed by atoms with E-state index in [1.54, 1.807) is 6.07 Å². The maximum atomic E-state index is 12.3. The number of rotatable bonds is 2. The molecule has 4 heteroatoms. The summed E-state index contributed by atoms with van der Waals surface area (Å²) in [5.41, 5.74) is 0.146. The summed E-state index contributed by atoms with van der Waals surface area (Å²) in [5.74, 6) is 1.29. The Balaban J connectivity index is 1.77. The second kappa shape index (κ2) is 5.17. The van der Waals surface area contributed by atoms with Gasteiger partial charge in [0.1, 0.15) is 11.4 Å². The highest BCUT2D eigenvalue weighted by atomic mass is 16.5. The van der Waals surface area contributed by atoms with E-state index in [1.165, 1.54) is 0 Å². The quantitative estimate of drug-likeness (QED) is 0.840. The van der Waals surface area contributed by atoms with Crippen molar-refractivity contribution in [2.24, 2.45) is 5.92 Å². The van der Waals surface area contributed by atoms with Crippen LogP contribution in [0.5, 0.6) is 5.75 Å². The van der Waals surface area contributed by atoms with Crippen LogP contribution >= 0.6 is 0 Å². The predicted molar refractivity (Wildman–Crippen MR) is 79.4 cm³/mol. The van der Waals surface area contributed by atoms with Crippen LogP contribution in [0.1, 0.15) is 43.5 Å². The molecule has 1 atom stereocenters. The Hall–Kier alpha value is -1.84. The first-order valence-electron chi connectivity index (χ1n) is 7.58. The average molecular weight is 287 g/mol. The van der Waals surface area contributed by atoms with Gasteiger partial charge in [-0.15, -0.1) is 0 Å². The minimum Gasteiger partial charge on any atom is -0.484 e. The van der Waals surface area contributed by atoms with Crippen molar-refractivity contribution in [2.75, 3.05) is 13.1 Å². The summed E-state index contributed by atoms with van der Waals surface area (Å²) in [6.45, 7) is 5.29. The van der Waals surface area contributed by atoms with Crippen LogP contribution < -0.4 is 4.74 Å². The maximum absolute atomic E-state index is 12.3. The van der Waals surface area contributed by atoms with E-state index >= 15 is 0 Å². The van der Waals surface area contributed by atoms with E-state index in [-0.39, 0.29) is 11.7 Å². The van der Waals surface area contributed by atoms with Crippen LogP contribution in [-0.4, -0.2) is 35.3 Å². The van der Waals surface area contributed by atoms with Gasteiger partial charge in [-0.2, -0.15) is 0 Å². The Bertz CT molecular complexity index is 581. The first-order valence-corrected chi connectivity index (χ1v) is 7.58. The van der Waals surface area contributed by atoms with E-state index in [4.69, 9.17) is 4.74 Å². The van der Waals surface area contributed by atoms with Gasteiger partial charge < -0.3 is 9.64 Å². The molecule has 112 valence electrons. The van der Waals surface area contributed by atoms with Gasteiger partial charge in [0.25, 0.3) is 0 Å². The van der Waals surface area contributed by atoms with Gasteiger partial charge in [0.15, 0.2) is 5.78 Å². The Labute approximate surface area is 125 Å². The molecule has 1 fully saturated rings. The van der Waals surface area contributed by atoms with Crippen LogP contribution in [0, 0.1) is 5.92 Å². The third-order valence-electron chi connectivity index (χ3n) is 4.25. The van der Waals surface area contributed by atoms with Gasteiger partial charge in [0.05, 0.1) is 18.5 Å². The highest BCUT2D eigenvalue weighted by molar-refractivity contribution is 6.00. The van der Waals surface area contributed by atoms with Gasteiger partial charge in [-0.05, 0) is 18.1 Å². The summed E-state index contributed by atoms with van der Waals surface area (Å²) in [6, 6.07) is 7.38. The Morgan fingerprint density at radius 2 is 2.14 bits per heavy atom. The molecule has 0 radical (unpaired) electrons. The molecular weight excluding hydrogens is 266 g/mol. The monoisotopic (exact) mass is 287 g/mol. The van der Waals surface area contributed by atoms with Crippen LogP contribution in [-0.2, 0) is 4.79 Å². The van der Waals surface area contributed by atoms with Crippen molar-refractivity contribution in [2.45, 2.75) is 38.7 Å². The molecule has 2 aliphatic rings. The Morgan fingerprint density at radius 1 is 1.38 bits per heavy atom. The molecule has 0 saturated carbocycles. The van der Waals surface area contributed by atoms with Crippen LogP contribution in [0.2, 0.25) is 0 Å². The number of likely N-dealkylation sites (tertiary alicyclic amines) is 1. The molecule has 0 bridgehead atoms. The minimum atomic E-state index is -0.516. The number of hydrogen-bond acceptors (Lipinski definition) is 3. The zero-order valence-corrected chi connectivity index (χ0v) is 12.6. The number of benzene rings is 1. The van der Waals surface area contributed by atoms with Gasteiger partial charge in [-0.25, -0.2) is 0 Å². The molecule has 0 aromatic heterocycles. The van der Waals surface area contributed by atoms with E-state index in [9.17, 15) is 9.59 Å². The molecule has 3 rings (SSSR count). The Morgan fingerprint density at radius 3 is 2.90 bits per heavy atom. The Kier molecular flexibility index (Phi) is 3.47. The van der Waals surface area contributed by atoms with Crippen LogP contribution in [0.4, 0.5) is 0 Å². The van der Waals surface area contributed by atoms with Crippen molar-refractivity contribution in [3.05, 3.63) is 29.8 Å². The number of ether oxygens (including phenoxy) is 1. The van der Waals surface area contributed by atoms with Crippen molar-refractivity contribution >= 4 is 11.7 Å². The number of nitrogens with zero attached hydrogens (tertiary/aromatic N) is 1. The summed E-state index contributed by atoms with van der Waals surface area (Å²) in [6.07, 6.45) is 1.66. The lowest BCUT2D eigenvalue weighted by Crippen LogP contribution is -2.45. The fourth-order valence-corrected chi connectivity index (χ4v) is 3.21. The first-order chi connectivity index (χ1) is 9.99. The lowest BCUT2D eigenvalue weighted by Gasteiger charge is -2.34. The summed E-state index contributed by atoms with van der Waals surface area (Å²) < 4.78 is 6.12. The van der Waals surface area contributed by atoms with E-state index in [0.717, 1.165) is 6.42 Å². The molecule has 2 heterocycles. The zero-order chi connectivity index (χ0) is 15.0. The van der Waals surface area contributed by atoms with E-state index in [1.807, 2.05) is 36.9 Å². The number of fused-ring (bicyclic) bond motifs is 1. The predicted octanol–water partition coefficient (Wildman–Crippen LogP) is 2.67. The number of carbonyl (C=O) groups excluding carboxylic acids is 2. The van der Waals surface area contributed by atoms with Gasteiger partial charge in [-0.3, -0.25) is 9.59 Å². The largest absolute Gasteiger partial charge is 0.484 e. The molecule has 1 amide bonds. The van der Waals surface area contributed by atoms with Crippen LogP contribution in [0.15, 0.2) is 24.3 Å². The number of hydrogen-bond donors (Lipinski definition) is 0. The van der Waals surface area contributed by atoms with E-state index in [0.29, 0.717) is 43.2 Å². The van der Waals surface area contributed by atoms with Crippen molar-refractivity contribution in [1.82, 2.24) is 4.90 Å². The SMILES string of the molecule is CC(C)CC(=O)N1CCC2(CC(=O)c3ccccc3O2)C1. The van der Waals surface area contributed by atoms with Crippen LogP contribution in [0.25, 0.3) is 0 Å². The molecule has 21 heavy (non-hydrogen) atoms. The second-order valence-electron chi connectivity index (χ2n) is 6.54. The molecule has 4 nitrogen and oxygen atoms in total. The van der Waals surface area contributed by atoms with Crippen molar-refractivity contribution in [1.29, 1.82) is 0 Å². The fourth-order valence-electron chi connectivity index (χ4n) is 3.21.